The molecule has 0 aromatic heterocycles. The molecule has 1 unspecified atom stereocenters. The van der Waals surface area contributed by atoms with Crippen LogP contribution in [0.3, 0.4) is 0 Å². The van der Waals surface area contributed by atoms with Crippen molar-refractivity contribution in [2.24, 2.45) is 5.92 Å². The molecule has 0 heterocycles. The number of carbonyl (C=O) groups is 1. The second kappa shape index (κ2) is 9.82. The number of carbonyl (C=O) groups excluding carboxylic acids is 1. The summed E-state index contributed by atoms with van der Waals surface area (Å²) in [7, 11) is 0. The Kier molecular flexibility index (Phi) is 8.36. The largest absolute Gasteiger partial charge is 0.326 e. The first-order chi connectivity index (χ1) is 9.71. The van der Waals surface area contributed by atoms with E-state index in [1.54, 1.807) is 0 Å². The maximum Gasteiger partial charge on any atom is 0.227 e. The number of hydrogen-bond acceptors (Lipinski definition) is 1. The average molecular weight is 296 g/mol. The highest BCUT2D eigenvalue weighted by Crippen LogP contribution is 2.17. The van der Waals surface area contributed by atoms with E-state index in [1.165, 1.54) is 5.56 Å². The predicted octanol–water partition coefficient (Wildman–Crippen LogP) is 5.01. The molecule has 0 saturated carbocycles. The molecule has 1 amide bonds. The minimum Gasteiger partial charge on any atom is -0.326 e. The molecular formula is C17H26ClNO. The van der Waals surface area contributed by atoms with Gasteiger partial charge < -0.3 is 5.32 Å². The first-order valence-electron chi connectivity index (χ1n) is 7.67. The molecule has 112 valence electrons. The molecule has 0 aliphatic carbocycles. The van der Waals surface area contributed by atoms with Crippen LogP contribution in [0.15, 0.2) is 24.3 Å². The summed E-state index contributed by atoms with van der Waals surface area (Å²) in [6.07, 6.45) is 6.05. The van der Waals surface area contributed by atoms with Gasteiger partial charge >= 0.3 is 0 Å². The number of alkyl halides is 1. The lowest BCUT2D eigenvalue weighted by atomic mass is 9.98. The topological polar surface area (TPSA) is 29.1 Å². The fraction of sp³-hybridized carbons (Fsp3) is 0.588. The van der Waals surface area contributed by atoms with Gasteiger partial charge in [-0.3, -0.25) is 4.79 Å². The van der Waals surface area contributed by atoms with Crippen molar-refractivity contribution in [2.75, 3.05) is 11.2 Å². The van der Waals surface area contributed by atoms with Gasteiger partial charge in [0.2, 0.25) is 5.91 Å². The first-order valence-corrected chi connectivity index (χ1v) is 8.20. The second-order valence-electron chi connectivity index (χ2n) is 5.23. The Hall–Kier alpha value is -1.02. The van der Waals surface area contributed by atoms with Crippen LogP contribution < -0.4 is 5.32 Å². The summed E-state index contributed by atoms with van der Waals surface area (Å²) < 4.78 is 0. The summed E-state index contributed by atoms with van der Waals surface area (Å²) in [6, 6.07) is 8.08. The van der Waals surface area contributed by atoms with Crippen molar-refractivity contribution >= 4 is 23.2 Å². The van der Waals surface area contributed by atoms with Crippen molar-refractivity contribution in [3.05, 3.63) is 29.8 Å². The lowest BCUT2D eigenvalue weighted by Gasteiger charge is -2.15. The molecule has 0 saturated heterocycles. The van der Waals surface area contributed by atoms with Gasteiger partial charge in [-0.2, -0.15) is 0 Å². The monoisotopic (exact) mass is 295 g/mol. The summed E-state index contributed by atoms with van der Waals surface area (Å²) in [4.78, 5) is 12.2. The van der Waals surface area contributed by atoms with Crippen LogP contribution in [0, 0.1) is 5.92 Å². The van der Waals surface area contributed by atoms with Crippen LogP contribution in [0.4, 0.5) is 5.69 Å². The molecule has 0 aliphatic rings. The first kappa shape index (κ1) is 17.0. The quantitative estimate of drug-likeness (QED) is 0.637. The van der Waals surface area contributed by atoms with Gasteiger partial charge in [-0.15, -0.1) is 11.6 Å². The molecule has 0 aliphatic heterocycles. The molecule has 20 heavy (non-hydrogen) atoms. The van der Waals surface area contributed by atoms with Crippen LogP contribution in [0.2, 0.25) is 0 Å². The Bertz CT molecular complexity index is 406. The normalized spacial score (nSPS) is 12.2. The third-order valence-corrected chi connectivity index (χ3v) is 3.83. The summed E-state index contributed by atoms with van der Waals surface area (Å²) in [5, 5.41) is 3.05. The third-order valence-electron chi connectivity index (χ3n) is 3.56. The number of nitrogens with one attached hydrogen (secondary N) is 1. The SMILES string of the molecule is CCCCC(CC)C(=O)Nc1cccc(CCCCl)c1. The van der Waals surface area contributed by atoms with Crippen molar-refractivity contribution in [2.45, 2.75) is 52.4 Å². The van der Waals surface area contributed by atoms with Gasteiger partial charge in [-0.1, -0.05) is 38.8 Å². The molecule has 1 aromatic carbocycles. The van der Waals surface area contributed by atoms with Crippen LogP contribution in [-0.2, 0) is 11.2 Å². The maximum absolute atomic E-state index is 12.2. The van der Waals surface area contributed by atoms with Crippen molar-refractivity contribution in [3.8, 4) is 0 Å². The minimum absolute atomic E-state index is 0.126. The molecule has 0 bridgehead atoms. The number of hydrogen-bond donors (Lipinski definition) is 1. The number of rotatable bonds is 9. The maximum atomic E-state index is 12.2. The van der Waals surface area contributed by atoms with Gasteiger partial charge in [0.1, 0.15) is 0 Å². The van der Waals surface area contributed by atoms with Crippen LogP contribution in [0.1, 0.15) is 51.5 Å². The summed E-state index contributed by atoms with van der Waals surface area (Å²) in [6.45, 7) is 4.24. The standard InChI is InChI=1S/C17H26ClNO/c1-3-5-10-15(4-2)17(20)19-16-11-6-8-14(13-16)9-7-12-18/h6,8,11,13,15H,3-5,7,9-10,12H2,1-2H3,(H,19,20). The summed E-state index contributed by atoms with van der Waals surface area (Å²) in [5.41, 5.74) is 2.13. The number of halogens is 1. The highest BCUT2D eigenvalue weighted by molar-refractivity contribution is 6.17. The smallest absolute Gasteiger partial charge is 0.227 e. The Morgan fingerprint density at radius 2 is 2.10 bits per heavy atom. The van der Waals surface area contributed by atoms with E-state index >= 15 is 0 Å². The van der Waals surface area contributed by atoms with Crippen molar-refractivity contribution in [3.63, 3.8) is 0 Å². The summed E-state index contributed by atoms with van der Waals surface area (Å²) in [5.74, 6) is 0.947. The lowest BCUT2D eigenvalue weighted by molar-refractivity contribution is -0.120. The van der Waals surface area contributed by atoms with Gasteiger partial charge in [0.15, 0.2) is 0 Å². The van der Waals surface area contributed by atoms with Gasteiger partial charge in [-0.05, 0) is 43.4 Å². The number of aryl methyl sites for hydroxylation is 1. The van der Waals surface area contributed by atoms with Gasteiger partial charge in [0.05, 0.1) is 0 Å². The molecule has 0 fully saturated rings. The van der Waals surface area contributed by atoms with Crippen LogP contribution in [-0.4, -0.2) is 11.8 Å². The van der Waals surface area contributed by atoms with E-state index < -0.39 is 0 Å². The molecule has 1 rings (SSSR count). The van der Waals surface area contributed by atoms with E-state index in [-0.39, 0.29) is 11.8 Å². The molecule has 3 heteroatoms. The Balaban J connectivity index is 2.59. The van der Waals surface area contributed by atoms with Crippen LogP contribution in [0.25, 0.3) is 0 Å². The third kappa shape index (κ3) is 5.96. The highest BCUT2D eigenvalue weighted by Gasteiger charge is 2.15. The fourth-order valence-corrected chi connectivity index (χ4v) is 2.42. The van der Waals surface area contributed by atoms with E-state index in [0.29, 0.717) is 5.88 Å². The molecule has 1 atom stereocenters. The van der Waals surface area contributed by atoms with Crippen LogP contribution in [0.5, 0.6) is 0 Å². The molecule has 0 radical (unpaired) electrons. The Morgan fingerprint density at radius 1 is 1.30 bits per heavy atom. The molecule has 1 N–H and O–H groups in total. The zero-order valence-corrected chi connectivity index (χ0v) is 13.4. The second-order valence-corrected chi connectivity index (χ2v) is 5.61. The van der Waals surface area contributed by atoms with E-state index in [1.807, 2.05) is 12.1 Å². The number of amides is 1. The van der Waals surface area contributed by atoms with Gasteiger partial charge in [0, 0.05) is 17.5 Å². The predicted molar refractivity (Wildman–Crippen MR) is 87.4 cm³/mol. The molecular weight excluding hydrogens is 270 g/mol. The molecule has 2 nitrogen and oxygen atoms in total. The zero-order chi connectivity index (χ0) is 14.8. The molecule has 0 spiro atoms. The minimum atomic E-state index is 0.126. The van der Waals surface area contributed by atoms with E-state index in [9.17, 15) is 4.79 Å². The van der Waals surface area contributed by atoms with Crippen molar-refractivity contribution in [1.29, 1.82) is 0 Å². The highest BCUT2D eigenvalue weighted by atomic mass is 35.5. The molecule has 1 aromatic rings. The average Bonchev–Trinajstić information content (AvgIpc) is 2.46. The Morgan fingerprint density at radius 3 is 2.75 bits per heavy atom. The zero-order valence-electron chi connectivity index (χ0n) is 12.6. The summed E-state index contributed by atoms with van der Waals surface area (Å²) >= 11 is 5.71. The van der Waals surface area contributed by atoms with E-state index in [0.717, 1.165) is 44.2 Å². The van der Waals surface area contributed by atoms with Gasteiger partial charge in [-0.25, -0.2) is 0 Å². The van der Waals surface area contributed by atoms with Crippen molar-refractivity contribution < 1.29 is 4.79 Å². The fourth-order valence-electron chi connectivity index (χ4n) is 2.29. The lowest BCUT2D eigenvalue weighted by Crippen LogP contribution is -2.22. The van der Waals surface area contributed by atoms with Crippen LogP contribution >= 0.6 is 11.6 Å². The van der Waals surface area contributed by atoms with E-state index in [2.05, 4.69) is 31.3 Å². The number of unbranched alkanes of at least 4 members (excludes halogenated alkanes) is 1. The Labute approximate surface area is 127 Å². The van der Waals surface area contributed by atoms with E-state index in [4.69, 9.17) is 11.6 Å². The number of benzene rings is 1. The number of anilines is 1. The van der Waals surface area contributed by atoms with Gasteiger partial charge in [0.25, 0.3) is 0 Å². The van der Waals surface area contributed by atoms with Crippen molar-refractivity contribution in [1.82, 2.24) is 0 Å².